The van der Waals surface area contributed by atoms with Crippen LogP contribution in [0.15, 0.2) is 47.6 Å². The zero-order valence-corrected chi connectivity index (χ0v) is 12.3. The number of pyridine rings is 1. The molecule has 3 N–H and O–H groups in total. The monoisotopic (exact) mass is 284 g/mol. The zero-order valence-electron chi connectivity index (χ0n) is 12.3. The fourth-order valence-corrected chi connectivity index (χ4v) is 2.14. The van der Waals surface area contributed by atoms with Gasteiger partial charge in [0.1, 0.15) is 5.82 Å². The molecule has 1 aromatic heterocycles. The SMILES string of the molecule is Cc1ccc(C(N)=NO)c(N(C)CCc2ccccc2)n1. The highest BCUT2D eigenvalue weighted by Gasteiger charge is 2.13. The summed E-state index contributed by atoms with van der Waals surface area (Å²) in [6.07, 6.45) is 0.905. The van der Waals surface area contributed by atoms with Crippen molar-refractivity contribution in [1.29, 1.82) is 0 Å². The molecule has 110 valence electrons. The summed E-state index contributed by atoms with van der Waals surface area (Å²) >= 11 is 0. The number of hydrogen-bond acceptors (Lipinski definition) is 4. The Morgan fingerprint density at radius 3 is 2.62 bits per heavy atom. The van der Waals surface area contributed by atoms with E-state index in [0.29, 0.717) is 5.56 Å². The van der Waals surface area contributed by atoms with Crippen LogP contribution in [0.3, 0.4) is 0 Å². The van der Waals surface area contributed by atoms with Gasteiger partial charge in [-0.3, -0.25) is 0 Å². The minimum Gasteiger partial charge on any atom is -0.409 e. The number of amidine groups is 1. The van der Waals surface area contributed by atoms with Gasteiger partial charge in [-0.2, -0.15) is 0 Å². The molecular formula is C16H20N4O. The quantitative estimate of drug-likeness (QED) is 0.382. The van der Waals surface area contributed by atoms with Crippen molar-refractivity contribution in [3.63, 3.8) is 0 Å². The Hall–Kier alpha value is -2.56. The number of rotatable bonds is 5. The molecule has 0 saturated carbocycles. The lowest BCUT2D eigenvalue weighted by molar-refractivity contribution is 0.318. The molecule has 0 aliphatic heterocycles. The fourth-order valence-electron chi connectivity index (χ4n) is 2.14. The van der Waals surface area contributed by atoms with E-state index in [-0.39, 0.29) is 5.84 Å². The molecule has 0 saturated heterocycles. The Kier molecular flexibility index (Phi) is 4.77. The summed E-state index contributed by atoms with van der Waals surface area (Å²) in [5.74, 6) is 0.797. The molecule has 5 nitrogen and oxygen atoms in total. The van der Waals surface area contributed by atoms with E-state index in [4.69, 9.17) is 10.9 Å². The highest BCUT2D eigenvalue weighted by atomic mass is 16.4. The minimum absolute atomic E-state index is 0.0732. The van der Waals surface area contributed by atoms with E-state index in [1.54, 1.807) is 0 Å². The number of nitrogens with two attached hydrogens (primary N) is 1. The van der Waals surface area contributed by atoms with E-state index in [9.17, 15) is 0 Å². The number of likely N-dealkylation sites (N-methyl/N-ethyl adjacent to an activating group) is 1. The van der Waals surface area contributed by atoms with Crippen molar-refractivity contribution in [2.45, 2.75) is 13.3 Å². The third kappa shape index (κ3) is 3.72. The lowest BCUT2D eigenvalue weighted by Crippen LogP contribution is -2.26. The molecule has 0 aliphatic carbocycles. The highest BCUT2D eigenvalue weighted by molar-refractivity contribution is 6.01. The summed E-state index contributed by atoms with van der Waals surface area (Å²) in [5, 5.41) is 12.0. The second kappa shape index (κ2) is 6.74. The van der Waals surface area contributed by atoms with E-state index in [1.165, 1.54) is 5.56 Å². The van der Waals surface area contributed by atoms with Crippen molar-refractivity contribution in [3.8, 4) is 0 Å². The molecule has 0 atom stereocenters. The average molecular weight is 284 g/mol. The van der Waals surface area contributed by atoms with Gasteiger partial charge in [-0.25, -0.2) is 4.98 Å². The van der Waals surface area contributed by atoms with Gasteiger partial charge in [0.15, 0.2) is 5.84 Å². The van der Waals surface area contributed by atoms with Gasteiger partial charge in [-0.15, -0.1) is 0 Å². The van der Waals surface area contributed by atoms with E-state index >= 15 is 0 Å². The van der Waals surface area contributed by atoms with Crippen LogP contribution >= 0.6 is 0 Å². The molecule has 2 aromatic rings. The first-order valence-electron chi connectivity index (χ1n) is 6.82. The van der Waals surface area contributed by atoms with Gasteiger partial charge in [0, 0.05) is 19.3 Å². The molecule has 0 unspecified atom stereocenters. The number of benzene rings is 1. The Bertz CT molecular complexity index is 625. The van der Waals surface area contributed by atoms with Crippen LogP contribution in [0.4, 0.5) is 5.82 Å². The molecule has 0 amide bonds. The van der Waals surface area contributed by atoms with Gasteiger partial charge in [0.25, 0.3) is 0 Å². The van der Waals surface area contributed by atoms with Crippen molar-refractivity contribution in [1.82, 2.24) is 4.98 Å². The van der Waals surface area contributed by atoms with E-state index in [1.807, 2.05) is 49.2 Å². The molecule has 5 heteroatoms. The molecule has 0 bridgehead atoms. The molecule has 0 radical (unpaired) electrons. The maximum Gasteiger partial charge on any atom is 0.173 e. The predicted octanol–water partition coefficient (Wildman–Crippen LogP) is 2.16. The van der Waals surface area contributed by atoms with E-state index < -0.39 is 0 Å². The molecule has 2 rings (SSSR count). The topological polar surface area (TPSA) is 74.7 Å². The molecule has 1 heterocycles. The van der Waals surface area contributed by atoms with Crippen LogP contribution in [0.2, 0.25) is 0 Å². The summed E-state index contributed by atoms with van der Waals surface area (Å²) in [6.45, 7) is 2.72. The smallest absolute Gasteiger partial charge is 0.173 e. The van der Waals surface area contributed by atoms with Gasteiger partial charge in [-0.1, -0.05) is 35.5 Å². The summed E-state index contributed by atoms with van der Waals surface area (Å²) in [4.78, 5) is 6.53. The van der Waals surface area contributed by atoms with Crippen LogP contribution in [0, 0.1) is 6.92 Å². The first kappa shape index (κ1) is 14.8. The Morgan fingerprint density at radius 2 is 1.95 bits per heavy atom. The maximum atomic E-state index is 8.89. The Labute approximate surface area is 124 Å². The van der Waals surface area contributed by atoms with Crippen molar-refractivity contribution in [2.75, 3.05) is 18.5 Å². The Balaban J connectivity index is 2.18. The normalized spacial score (nSPS) is 11.4. The van der Waals surface area contributed by atoms with Crippen LogP contribution in [-0.4, -0.2) is 29.6 Å². The molecule has 1 aromatic carbocycles. The Morgan fingerprint density at radius 1 is 1.24 bits per heavy atom. The molecule has 0 fully saturated rings. The van der Waals surface area contributed by atoms with Gasteiger partial charge < -0.3 is 15.8 Å². The number of aryl methyl sites for hydroxylation is 1. The second-order valence-electron chi connectivity index (χ2n) is 4.97. The van der Waals surface area contributed by atoms with Crippen LogP contribution in [0.25, 0.3) is 0 Å². The summed E-state index contributed by atoms with van der Waals surface area (Å²) < 4.78 is 0. The number of aromatic nitrogens is 1. The van der Waals surface area contributed by atoms with Crippen LogP contribution in [0.5, 0.6) is 0 Å². The van der Waals surface area contributed by atoms with Crippen molar-refractivity contribution in [2.24, 2.45) is 10.9 Å². The first-order chi connectivity index (χ1) is 10.1. The van der Waals surface area contributed by atoms with Crippen molar-refractivity contribution < 1.29 is 5.21 Å². The lowest BCUT2D eigenvalue weighted by atomic mass is 10.1. The second-order valence-corrected chi connectivity index (χ2v) is 4.97. The molecule has 21 heavy (non-hydrogen) atoms. The standard InChI is InChI=1S/C16H20N4O/c1-12-8-9-14(15(17)19-21)16(18-12)20(2)11-10-13-6-4-3-5-7-13/h3-9,21H,10-11H2,1-2H3,(H2,17,19). The van der Waals surface area contributed by atoms with E-state index in [2.05, 4.69) is 22.3 Å². The number of hydrogen-bond donors (Lipinski definition) is 2. The first-order valence-corrected chi connectivity index (χ1v) is 6.82. The van der Waals surface area contributed by atoms with Gasteiger partial charge in [-0.05, 0) is 31.0 Å². The highest BCUT2D eigenvalue weighted by Crippen LogP contribution is 2.17. The minimum atomic E-state index is 0.0732. The van der Waals surface area contributed by atoms with Gasteiger partial charge >= 0.3 is 0 Å². The van der Waals surface area contributed by atoms with E-state index in [0.717, 1.165) is 24.5 Å². The lowest BCUT2D eigenvalue weighted by Gasteiger charge is -2.21. The van der Waals surface area contributed by atoms with Crippen LogP contribution < -0.4 is 10.6 Å². The van der Waals surface area contributed by atoms with Crippen LogP contribution in [0.1, 0.15) is 16.8 Å². The number of nitrogens with zero attached hydrogens (tertiary/aromatic N) is 3. The zero-order chi connectivity index (χ0) is 15.2. The summed E-state index contributed by atoms with van der Waals surface area (Å²) in [5.41, 5.74) is 8.52. The third-order valence-corrected chi connectivity index (χ3v) is 3.34. The fraction of sp³-hybridized carbons (Fsp3) is 0.250. The molecule has 0 spiro atoms. The average Bonchev–Trinajstić information content (AvgIpc) is 2.52. The number of anilines is 1. The predicted molar refractivity (Wildman–Crippen MR) is 84.9 cm³/mol. The van der Waals surface area contributed by atoms with Crippen molar-refractivity contribution >= 4 is 11.7 Å². The maximum absolute atomic E-state index is 8.89. The van der Waals surface area contributed by atoms with Crippen LogP contribution in [-0.2, 0) is 6.42 Å². The van der Waals surface area contributed by atoms with Crippen molar-refractivity contribution in [3.05, 3.63) is 59.3 Å². The molecular weight excluding hydrogens is 264 g/mol. The van der Waals surface area contributed by atoms with Gasteiger partial charge in [0.2, 0.25) is 0 Å². The summed E-state index contributed by atoms with van der Waals surface area (Å²) in [6, 6.07) is 13.9. The van der Waals surface area contributed by atoms with Gasteiger partial charge in [0.05, 0.1) is 5.56 Å². The third-order valence-electron chi connectivity index (χ3n) is 3.34. The summed E-state index contributed by atoms with van der Waals surface area (Å²) in [7, 11) is 1.96. The molecule has 0 aliphatic rings. The number of oxime groups is 1. The largest absolute Gasteiger partial charge is 0.409 e.